The number of nitrogens with zero attached hydrogens (tertiary/aromatic N) is 2. The van der Waals surface area contributed by atoms with Gasteiger partial charge >= 0.3 is 0 Å². The van der Waals surface area contributed by atoms with E-state index in [9.17, 15) is 0 Å². The Hall–Kier alpha value is -2.52. The van der Waals surface area contributed by atoms with Crippen LogP contribution in [0.3, 0.4) is 0 Å². The van der Waals surface area contributed by atoms with Crippen LogP contribution in [0.1, 0.15) is 65.4 Å². The molecule has 3 aromatic carbocycles. The van der Waals surface area contributed by atoms with E-state index in [2.05, 4.69) is 95.3 Å². The first-order valence-electron chi connectivity index (χ1n) is 12.3. The van der Waals surface area contributed by atoms with Crippen LogP contribution in [0, 0.1) is 41.7 Å². The van der Waals surface area contributed by atoms with Crippen molar-refractivity contribution in [3.63, 3.8) is 0 Å². The predicted molar refractivity (Wildman–Crippen MR) is 157 cm³/mol. The van der Waals surface area contributed by atoms with Gasteiger partial charge in [0.1, 0.15) is 0 Å². The minimum atomic E-state index is -0.174. The quantitative estimate of drug-likeness (QED) is 0.137. The van der Waals surface area contributed by atoms with Crippen molar-refractivity contribution in [3.8, 4) is 11.3 Å². The molecule has 3 heteroatoms. The summed E-state index contributed by atoms with van der Waals surface area (Å²) in [6.45, 7) is 11.0. The fraction of sp³-hybridized carbons (Fsp3) is 0.265. The molecule has 1 aromatic heterocycles. The van der Waals surface area contributed by atoms with Gasteiger partial charge in [-0.25, -0.2) is 0 Å². The van der Waals surface area contributed by atoms with Crippen molar-refractivity contribution >= 4 is 5.69 Å². The zero-order valence-electron chi connectivity index (χ0n) is 23.5. The minimum Gasteiger partial charge on any atom is -0.673 e. The maximum Gasteiger partial charge on any atom is 0.0196 e. The molecule has 2 nitrogen and oxygen atoms in total. The molecule has 0 radical (unpaired) electrons. The van der Waals surface area contributed by atoms with Crippen LogP contribution in [0.25, 0.3) is 16.6 Å². The molecule has 0 bridgehead atoms. The Labute approximate surface area is 244 Å². The summed E-state index contributed by atoms with van der Waals surface area (Å²) in [4.78, 5) is 5.13. The van der Waals surface area contributed by atoms with E-state index in [1.807, 2.05) is 18.2 Å². The van der Waals surface area contributed by atoms with Gasteiger partial charge in [-0.1, -0.05) is 85.0 Å². The number of rotatable bonds is 8. The van der Waals surface area contributed by atoms with Gasteiger partial charge in [-0.3, -0.25) is 0 Å². The number of para-hydroxylation sites is 1. The number of aryl methyl sites for hydroxylation is 5. The van der Waals surface area contributed by atoms with E-state index >= 15 is 0 Å². The molecule has 0 spiro atoms. The largest absolute Gasteiger partial charge is 0.673 e. The summed E-state index contributed by atoms with van der Waals surface area (Å²) in [6, 6.07) is 28.6. The topological polar surface area (TPSA) is 27.0 Å². The molecule has 0 saturated heterocycles. The van der Waals surface area contributed by atoms with Gasteiger partial charge < -0.3 is 25.2 Å². The number of pyridine rings is 1. The molecular weight excluding hydrogens is 615 g/mol. The van der Waals surface area contributed by atoms with E-state index < -0.39 is 0 Å². The first-order chi connectivity index (χ1) is 16.5. The number of aromatic nitrogens is 1. The molecule has 0 amide bonds. The van der Waals surface area contributed by atoms with Crippen LogP contribution in [-0.2, 0) is 38.7 Å². The Kier molecular flexibility index (Phi) is 13.2. The summed E-state index contributed by atoms with van der Waals surface area (Å²) >= 11 is 0. The zero-order valence-corrected chi connectivity index (χ0v) is 27.1. The van der Waals surface area contributed by atoms with Crippen LogP contribution >= 0.6 is 0 Å². The van der Waals surface area contributed by atoms with Gasteiger partial charge in [-0.2, -0.15) is 0 Å². The maximum atomic E-state index is 5.50. The first-order valence-corrected chi connectivity index (χ1v) is 12.3. The van der Waals surface area contributed by atoms with Crippen molar-refractivity contribution in [1.29, 1.82) is 0 Å². The van der Waals surface area contributed by atoms with E-state index in [-0.39, 0.29) is 46.7 Å². The number of benzene rings is 3. The zero-order chi connectivity index (χ0) is 24.1. The summed E-state index contributed by atoms with van der Waals surface area (Å²) in [5, 5.41) is 5.50. The first kappa shape index (κ1) is 32.5. The van der Waals surface area contributed by atoms with Crippen LogP contribution in [0.5, 0.6) is 0 Å². The van der Waals surface area contributed by atoms with Crippen molar-refractivity contribution in [3.05, 3.63) is 138 Å². The van der Waals surface area contributed by atoms with Gasteiger partial charge in [-0.15, -0.1) is 41.6 Å². The van der Waals surface area contributed by atoms with Crippen LogP contribution in [-0.4, -0.2) is 4.98 Å². The Morgan fingerprint density at radius 3 is 2.14 bits per heavy atom. The van der Waals surface area contributed by atoms with Gasteiger partial charge in [0.05, 0.1) is 0 Å². The second kappa shape index (κ2) is 15.0. The van der Waals surface area contributed by atoms with Gasteiger partial charge in [0.15, 0.2) is 0 Å². The van der Waals surface area contributed by atoms with Crippen LogP contribution in [0.4, 0.5) is 5.69 Å². The van der Waals surface area contributed by atoms with Gasteiger partial charge in [-0.05, 0) is 62.5 Å². The van der Waals surface area contributed by atoms with Crippen molar-refractivity contribution < 1.29 is 25.8 Å². The van der Waals surface area contributed by atoms with E-state index in [0.717, 1.165) is 41.9 Å². The Bertz CT molecular complexity index is 1240. The summed E-state index contributed by atoms with van der Waals surface area (Å²) in [5.74, 6) is 0. The number of hydrogen-bond acceptors (Lipinski definition) is 1. The average Bonchev–Trinajstić information content (AvgIpc) is 2.84. The van der Waals surface area contributed by atoms with E-state index in [0.29, 0.717) is 0 Å². The Balaban J connectivity index is 0.00000228. The second-order valence-electron chi connectivity index (χ2n) is 9.10. The minimum absolute atomic E-state index is 0. The fourth-order valence-corrected chi connectivity index (χ4v) is 4.90. The average molecular weight is 655 g/mol. The molecule has 1 unspecified atom stereocenters. The number of hydrogen-bond donors (Lipinski definition) is 0. The standard InChI is InChI=1S/C32H34N2.2CH3.Hf/c1-6-13-27-17-11-16-25(7-2)31(27)34-32(30-23(4)20-22(3)21-24(30)5)29-19-12-18-28(33-29)26-14-9-8-10-15-26;;;/h8-12,14,16-21,32H,6-7,13H2,1-5H3;2*1H3;/q-2;2*-1;. The van der Waals surface area contributed by atoms with E-state index in [1.54, 1.807) is 0 Å². The molecule has 4 aromatic rings. The van der Waals surface area contributed by atoms with Crippen LogP contribution in [0.15, 0.2) is 72.8 Å². The third-order valence-electron chi connectivity index (χ3n) is 6.41. The monoisotopic (exact) mass is 656 g/mol. The van der Waals surface area contributed by atoms with Crippen molar-refractivity contribution in [2.45, 2.75) is 59.9 Å². The molecule has 4 rings (SSSR count). The van der Waals surface area contributed by atoms with E-state index in [4.69, 9.17) is 10.3 Å². The molecular formula is C34H40HfN2-4. The molecule has 194 valence electrons. The Morgan fingerprint density at radius 1 is 0.838 bits per heavy atom. The van der Waals surface area contributed by atoms with Crippen molar-refractivity contribution in [2.75, 3.05) is 0 Å². The van der Waals surface area contributed by atoms with Gasteiger partial charge in [0.25, 0.3) is 0 Å². The molecule has 0 N–H and O–H groups in total. The molecule has 1 heterocycles. The third-order valence-corrected chi connectivity index (χ3v) is 6.41. The molecule has 0 aliphatic carbocycles. The molecule has 1 atom stereocenters. The van der Waals surface area contributed by atoms with E-state index in [1.165, 1.54) is 33.4 Å². The van der Waals surface area contributed by atoms with Crippen molar-refractivity contribution in [2.24, 2.45) is 0 Å². The second-order valence-corrected chi connectivity index (χ2v) is 9.10. The third kappa shape index (κ3) is 7.51. The summed E-state index contributed by atoms with van der Waals surface area (Å²) in [5.41, 5.74) is 11.7. The van der Waals surface area contributed by atoms with Gasteiger partial charge in [0, 0.05) is 31.5 Å². The Morgan fingerprint density at radius 2 is 1.51 bits per heavy atom. The maximum absolute atomic E-state index is 5.50. The normalized spacial score (nSPS) is 10.9. The summed E-state index contributed by atoms with van der Waals surface area (Å²) in [6.07, 6.45) is 3.08. The SMILES string of the molecule is CCCc1cccc(CC)c1[N-]C(c1cccc(-c2[c-]cccc2)n1)c1c(C)cc(C)cc1C.[CH3-].[CH3-].[Hf]. The summed E-state index contributed by atoms with van der Waals surface area (Å²) in [7, 11) is 0. The van der Waals surface area contributed by atoms with Gasteiger partial charge in [0.2, 0.25) is 0 Å². The molecule has 0 fully saturated rings. The van der Waals surface area contributed by atoms with Crippen LogP contribution in [0.2, 0.25) is 0 Å². The fourth-order valence-electron chi connectivity index (χ4n) is 4.90. The molecule has 0 aliphatic rings. The molecule has 0 saturated carbocycles. The predicted octanol–water partition coefficient (Wildman–Crippen LogP) is 9.68. The molecule has 37 heavy (non-hydrogen) atoms. The summed E-state index contributed by atoms with van der Waals surface area (Å²) < 4.78 is 0. The molecule has 0 aliphatic heterocycles. The smallest absolute Gasteiger partial charge is 0.0196 e. The van der Waals surface area contributed by atoms with Crippen molar-refractivity contribution in [1.82, 2.24) is 4.98 Å². The van der Waals surface area contributed by atoms with Crippen LogP contribution < -0.4 is 0 Å².